The van der Waals surface area contributed by atoms with E-state index in [1.54, 1.807) is 0 Å². The number of nitrogens with two attached hydrogens (primary N) is 1. The molecule has 0 aliphatic heterocycles. The molecule has 1 aromatic rings. The van der Waals surface area contributed by atoms with Crippen molar-refractivity contribution >= 4 is 18.3 Å². The van der Waals surface area contributed by atoms with Gasteiger partial charge in [-0.1, -0.05) is 45.0 Å². The molecule has 3 nitrogen and oxygen atoms in total. The van der Waals surface area contributed by atoms with Crippen LogP contribution in [0.15, 0.2) is 24.3 Å². The Labute approximate surface area is 116 Å². The summed E-state index contributed by atoms with van der Waals surface area (Å²) in [6, 6.07) is 7.52. The number of benzene rings is 1. The summed E-state index contributed by atoms with van der Waals surface area (Å²) in [6.45, 7) is 8.46. The van der Waals surface area contributed by atoms with Crippen molar-refractivity contribution in [3.63, 3.8) is 0 Å². The van der Waals surface area contributed by atoms with Crippen LogP contribution in [0.5, 0.6) is 0 Å². The van der Waals surface area contributed by atoms with Gasteiger partial charge in [0.25, 0.3) is 0 Å². The van der Waals surface area contributed by atoms with Gasteiger partial charge in [-0.05, 0) is 23.5 Å². The van der Waals surface area contributed by atoms with Crippen molar-refractivity contribution in [3.8, 4) is 0 Å². The van der Waals surface area contributed by atoms with Crippen molar-refractivity contribution in [1.82, 2.24) is 5.32 Å². The molecule has 3 N–H and O–H groups in total. The predicted octanol–water partition coefficient (Wildman–Crippen LogP) is 2.41. The van der Waals surface area contributed by atoms with Crippen molar-refractivity contribution in [2.45, 2.75) is 40.3 Å². The van der Waals surface area contributed by atoms with Gasteiger partial charge in [-0.15, -0.1) is 12.4 Å². The maximum Gasteiger partial charge on any atom is 0.237 e. The highest BCUT2D eigenvalue weighted by atomic mass is 35.5. The first-order valence-corrected chi connectivity index (χ1v) is 5.90. The lowest BCUT2D eigenvalue weighted by atomic mass is 9.87. The smallest absolute Gasteiger partial charge is 0.237 e. The number of nitrogens with one attached hydrogen (secondary N) is 1. The minimum absolute atomic E-state index is 0. The van der Waals surface area contributed by atoms with Crippen molar-refractivity contribution in [2.24, 2.45) is 11.1 Å². The third kappa shape index (κ3) is 4.67. The lowest BCUT2D eigenvalue weighted by Crippen LogP contribution is -2.48. The zero-order valence-electron chi connectivity index (χ0n) is 11.5. The molecule has 4 heteroatoms. The van der Waals surface area contributed by atoms with E-state index in [1.165, 1.54) is 5.56 Å². The van der Waals surface area contributed by atoms with E-state index in [2.05, 4.69) is 5.32 Å². The molecule has 0 saturated carbocycles. The van der Waals surface area contributed by atoms with Crippen LogP contribution in [0.1, 0.15) is 31.9 Å². The van der Waals surface area contributed by atoms with E-state index in [1.807, 2.05) is 52.0 Å². The lowest BCUT2D eigenvalue weighted by molar-refractivity contribution is -0.124. The maximum atomic E-state index is 11.8. The number of aryl methyl sites for hydroxylation is 1. The van der Waals surface area contributed by atoms with Crippen LogP contribution in [0.25, 0.3) is 0 Å². The summed E-state index contributed by atoms with van der Waals surface area (Å²) >= 11 is 0. The highest BCUT2D eigenvalue weighted by Crippen LogP contribution is 2.17. The number of carbonyl (C=O) groups is 1. The molecule has 0 unspecified atom stereocenters. The highest BCUT2D eigenvalue weighted by Gasteiger charge is 2.27. The molecule has 0 fully saturated rings. The molecule has 0 aliphatic carbocycles. The number of hydrogen-bond donors (Lipinski definition) is 2. The van der Waals surface area contributed by atoms with E-state index in [0.29, 0.717) is 6.54 Å². The molecule has 102 valence electrons. The monoisotopic (exact) mass is 270 g/mol. The Balaban J connectivity index is 0.00000289. The second kappa shape index (κ2) is 6.76. The molecule has 0 aromatic heterocycles. The van der Waals surface area contributed by atoms with Crippen LogP contribution in [0.2, 0.25) is 0 Å². The summed E-state index contributed by atoms with van der Waals surface area (Å²) in [5.74, 6) is -0.0965. The summed E-state index contributed by atoms with van der Waals surface area (Å²) in [6.07, 6.45) is 0. The number of hydrogen-bond acceptors (Lipinski definition) is 2. The Hall–Kier alpha value is -1.06. The van der Waals surface area contributed by atoms with Gasteiger partial charge in [0.1, 0.15) is 0 Å². The van der Waals surface area contributed by atoms with Crippen LogP contribution >= 0.6 is 12.4 Å². The van der Waals surface area contributed by atoms with Gasteiger partial charge in [-0.25, -0.2) is 0 Å². The van der Waals surface area contributed by atoms with Gasteiger partial charge in [0, 0.05) is 6.54 Å². The first-order valence-electron chi connectivity index (χ1n) is 5.90. The maximum absolute atomic E-state index is 11.8. The SMILES string of the molecule is Cc1ccccc1CNC(=O)[C@@H](N)C(C)(C)C.Cl. The molecule has 1 atom stereocenters. The van der Waals surface area contributed by atoms with E-state index < -0.39 is 6.04 Å². The van der Waals surface area contributed by atoms with Crippen LogP contribution in [0, 0.1) is 12.3 Å². The predicted molar refractivity (Wildman–Crippen MR) is 77.7 cm³/mol. The minimum atomic E-state index is -0.480. The zero-order chi connectivity index (χ0) is 13.1. The van der Waals surface area contributed by atoms with E-state index in [-0.39, 0.29) is 23.7 Å². The third-order valence-corrected chi connectivity index (χ3v) is 2.93. The molecule has 0 spiro atoms. The first kappa shape index (κ1) is 16.9. The van der Waals surface area contributed by atoms with Gasteiger partial charge in [0.2, 0.25) is 5.91 Å². The summed E-state index contributed by atoms with van der Waals surface area (Å²) in [4.78, 5) is 11.8. The quantitative estimate of drug-likeness (QED) is 0.886. The number of amides is 1. The fourth-order valence-electron chi connectivity index (χ4n) is 1.49. The van der Waals surface area contributed by atoms with Gasteiger partial charge in [-0.2, -0.15) is 0 Å². The second-order valence-electron chi connectivity index (χ2n) is 5.49. The standard InChI is InChI=1S/C14H22N2O.ClH/c1-10-7-5-6-8-11(10)9-16-13(17)12(15)14(2,3)4;/h5-8,12H,9,15H2,1-4H3,(H,16,17);1H/t12-;/m1./s1. The summed E-state index contributed by atoms with van der Waals surface area (Å²) in [5.41, 5.74) is 7.98. The number of rotatable bonds is 3. The Morgan fingerprint density at radius 3 is 2.39 bits per heavy atom. The van der Waals surface area contributed by atoms with Gasteiger partial charge in [-0.3, -0.25) is 4.79 Å². The fraction of sp³-hybridized carbons (Fsp3) is 0.500. The summed E-state index contributed by atoms with van der Waals surface area (Å²) in [7, 11) is 0. The molecule has 0 bridgehead atoms. The largest absolute Gasteiger partial charge is 0.351 e. The Morgan fingerprint density at radius 2 is 1.89 bits per heavy atom. The normalized spacial score (nSPS) is 12.5. The molecule has 0 saturated heterocycles. The topological polar surface area (TPSA) is 55.1 Å². The van der Waals surface area contributed by atoms with Gasteiger partial charge in [0.15, 0.2) is 0 Å². The van der Waals surface area contributed by atoms with E-state index in [9.17, 15) is 4.79 Å². The van der Waals surface area contributed by atoms with Gasteiger partial charge >= 0.3 is 0 Å². The van der Waals surface area contributed by atoms with E-state index in [4.69, 9.17) is 5.73 Å². The van der Waals surface area contributed by atoms with Crippen LogP contribution in [-0.2, 0) is 11.3 Å². The van der Waals surface area contributed by atoms with Crippen molar-refractivity contribution in [3.05, 3.63) is 35.4 Å². The Morgan fingerprint density at radius 1 is 1.33 bits per heavy atom. The molecule has 0 heterocycles. The molecule has 1 rings (SSSR count). The average Bonchev–Trinajstić information content (AvgIpc) is 2.25. The lowest BCUT2D eigenvalue weighted by Gasteiger charge is -2.25. The molecule has 1 amide bonds. The third-order valence-electron chi connectivity index (χ3n) is 2.93. The molecule has 18 heavy (non-hydrogen) atoms. The number of halogens is 1. The van der Waals surface area contributed by atoms with Crippen molar-refractivity contribution in [1.29, 1.82) is 0 Å². The second-order valence-corrected chi connectivity index (χ2v) is 5.49. The Kier molecular flexibility index (Phi) is 6.36. The van der Waals surface area contributed by atoms with Crippen LogP contribution < -0.4 is 11.1 Å². The van der Waals surface area contributed by atoms with E-state index >= 15 is 0 Å². The van der Waals surface area contributed by atoms with E-state index in [0.717, 1.165) is 5.56 Å². The van der Waals surface area contributed by atoms with Gasteiger partial charge in [0.05, 0.1) is 6.04 Å². The molecular formula is C14H23ClN2O. The molecule has 0 aliphatic rings. The Bertz CT molecular complexity index is 399. The zero-order valence-corrected chi connectivity index (χ0v) is 12.3. The molecule has 0 radical (unpaired) electrons. The van der Waals surface area contributed by atoms with Crippen LogP contribution in [0.3, 0.4) is 0 Å². The summed E-state index contributed by atoms with van der Waals surface area (Å²) in [5, 5.41) is 2.88. The molecular weight excluding hydrogens is 248 g/mol. The molecule has 1 aromatic carbocycles. The van der Waals surface area contributed by atoms with Gasteiger partial charge < -0.3 is 11.1 Å². The minimum Gasteiger partial charge on any atom is -0.351 e. The summed E-state index contributed by atoms with van der Waals surface area (Å²) < 4.78 is 0. The first-order chi connectivity index (χ1) is 7.82. The number of carbonyl (C=O) groups excluding carboxylic acids is 1. The van der Waals surface area contributed by atoms with Crippen LogP contribution in [-0.4, -0.2) is 11.9 Å². The fourth-order valence-corrected chi connectivity index (χ4v) is 1.49. The van der Waals surface area contributed by atoms with Crippen LogP contribution in [0.4, 0.5) is 0 Å². The van der Waals surface area contributed by atoms with Crippen molar-refractivity contribution < 1.29 is 4.79 Å². The van der Waals surface area contributed by atoms with Crippen molar-refractivity contribution in [2.75, 3.05) is 0 Å². The highest BCUT2D eigenvalue weighted by molar-refractivity contribution is 5.85. The average molecular weight is 271 g/mol.